The molecular weight excluding hydrogens is 294 g/mol. The van der Waals surface area contributed by atoms with E-state index in [0.29, 0.717) is 19.6 Å². The Bertz CT molecular complexity index is 346. The molecule has 1 atom stereocenters. The molecule has 0 aromatic heterocycles. The second-order valence-corrected chi connectivity index (χ2v) is 6.32. The zero-order chi connectivity index (χ0) is 16.9. The smallest absolute Gasteiger partial charge is 0.410 e. The zero-order valence-corrected chi connectivity index (χ0v) is 14.8. The van der Waals surface area contributed by atoms with Gasteiger partial charge in [-0.15, -0.1) is 0 Å². The monoisotopic (exact) mass is 327 g/mol. The first-order valence-electron chi connectivity index (χ1n) is 9.22. The molecule has 1 heterocycles. The van der Waals surface area contributed by atoms with Gasteiger partial charge >= 0.3 is 12.1 Å². The van der Waals surface area contributed by atoms with E-state index < -0.39 is 12.1 Å². The molecule has 0 saturated carbocycles. The summed E-state index contributed by atoms with van der Waals surface area (Å²) in [5.74, 6) is -0.285. The minimum absolute atomic E-state index is 0.285. The van der Waals surface area contributed by atoms with Crippen molar-refractivity contribution in [1.82, 2.24) is 4.90 Å². The van der Waals surface area contributed by atoms with Crippen molar-refractivity contribution in [3.05, 3.63) is 0 Å². The third-order valence-corrected chi connectivity index (χ3v) is 4.43. The van der Waals surface area contributed by atoms with Crippen molar-refractivity contribution in [1.29, 1.82) is 0 Å². The Morgan fingerprint density at radius 2 is 1.61 bits per heavy atom. The van der Waals surface area contributed by atoms with Crippen LogP contribution in [0.4, 0.5) is 4.79 Å². The van der Waals surface area contributed by atoms with Crippen LogP contribution in [0.15, 0.2) is 0 Å². The predicted octanol–water partition coefficient (Wildman–Crippen LogP) is 4.29. The Morgan fingerprint density at radius 1 is 1.00 bits per heavy atom. The molecular formula is C18H33NO4. The fourth-order valence-corrected chi connectivity index (χ4v) is 3.03. The van der Waals surface area contributed by atoms with Crippen LogP contribution in [0.25, 0.3) is 0 Å². The molecule has 0 aromatic rings. The summed E-state index contributed by atoms with van der Waals surface area (Å²) >= 11 is 0. The van der Waals surface area contributed by atoms with E-state index in [0.717, 1.165) is 19.3 Å². The number of amides is 1. The average Bonchev–Trinajstić information content (AvgIpc) is 3.05. The summed E-state index contributed by atoms with van der Waals surface area (Å²) in [7, 11) is 1.34. The molecule has 0 aliphatic carbocycles. The fourth-order valence-electron chi connectivity index (χ4n) is 3.03. The van der Waals surface area contributed by atoms with Gasteiger partial charge in [-0.1, -0.05) is 58.3 Å². The maximum atomic E-state index is 12.0. The lowest BCUT2D eigenvalue weighted by Crippen LogP contribution is -2.41. The molecule has 1 unspecified atom stereocenters. The molecule has 0 radical (unpaired) electrons. The van der Waals surface area contributed by atoms with E-state index in [1.807, 2.05) is 0 Å². The molecule has 1 saturated heterocycles. The van der Waals surface area contributed by atoms with Crippen molar-refractivity contribution >= 4 is 12.1 Å². The molecule has 0 aromatic carbocycles. The lowest BCUT2D eigenvalue weighted by atomic mass is 10.1. The van der Waals surface area contributed by atoms with Crippen molar-refractivity contribution in [2.75, 3.05) is 20.3 Å². The Morgan fingerprint density at radius 3 is 2.22 bits per heavy atom. The Kier molecular flexibility index (Phi) is 10.5. The van der Waals surface area contributed by atoms with E-state index in [4.69, 9.17) is 9.47 Å². The highest BCUT2D eigenvalue weighted by Crippen LogP contribution is 2.19. The van der Waals surface area contributed by atoms with Gasteiger partial charge in [-0.3, -0.25) is 4.90 Å². The second kappa shape index (κ2) is 12.2. The summed E-state index contributed by atoms with van der Waals surface area (Å²) in [6, 6.07) is -0.457. The largest absolute Gasteiger partial charge is 0.464 e. The molecule has 0 spiro atoms. The van der Waals surface area contributed by atoms with Gasteiger partial charge in [0.15, 0.2) is 0 Å². The minimum atomic E-state index is -0.457. The summed E-state index contributed by atoms with van der Waals surface area (Å²) in [6.45, 7) is 3.27. The van der Waals surface area contributed by atoms with Gasteiger partial charge in [-0.25, -0.2) is 9.59 Å². The number of nitrogens with zero attached hydrogens (tertiary/aromatic N) is 1. The fraction of sp³-hybridized carbons (Fsp3) is 0.889. The predicted molar refractivity (Wildman–Crippen MR) is 90.3 cm³/mol. The molecule has 1 aliphatic heterocycles. The third-order valence-electron chi connectivity index (χ3n) is 4.43. The Balaban J connectivity index is 2.02. The van der Waals surface area contributed by atoms with E-state index in [1.165, 1.54) is 57.0 Å². The third kappa shape index (κ3) is 7.71. The van der Waals surface area contributed by atoms with Gasteiger partial charge < -0.3 is 9.47 Å². The summed E-state index contributed by atoms with van der Waals surface area (Å²) in [4.78, 5) is 25.1. The van der Waals surface area contributed by atoms with Crippen LogP contribution in [-0.2, 0) is 14.3 Å². The number of methoxy groups -OCH3 is 1. The van der Waals surface area contributed by atoms with Crippen molar-refractivity contribution in [3.63, 3.8) is 0 Å². The van der Waals surface area contributed by atoms with Gasteiger partial charge in [0.1, 0.15) is 6.04 Å². The highest BCUT2D eigenvalue weighted by Gasteiger charge is 2.35. The standard InChI is InChI=1S/C18H33NO4/c1-3-4-5-6-7-8-9-10-11-15-23-17(20)16-13-12-14-19(16)18(21)22-2/h16H,3-15H2,1-2H3. The van der Waals surface area contributed by atoms with Crippen LogP contribution in [0, 0.1) is 0 Å². The second-order valence-electron chi connectivity index (χ2n) is 6.32. The van der Waals surface area contributed by atoms with Gasteiger partial charge in [0.25, 0.3) is 0 Å². The molecule has 0 bridgehead atoms. The van der Waals surface area contributed by atoms with Crippen LogP contribution in [0.5, 0.6) is 0 Å². The molecule has 1 rings (SSSR count). The van der Waals surface area contributed by atoms with Crippen LogP contribution in [-0.4, -0.2) is 43.3 Å². The van der Waals surface area contributed by atoms with Crippen LogP contribution < -0.4 is 0 Å². The number of ether oxygens (including phenoxy) is 2. The van der Waals surface area contributed by atoms with Crippen molar-refractivity contribution in [2.45, 2.75) is 83.6 Å². The van der Waals surface area contributed by atoms with E-state index in [1.54, 1.807) is 0 Å². The topological polar surface area (TPSA) is 55.8 Å². The highest BCUT2D eigenvalue weighted by molar-refractivity contribution is 5.82. The number of likely N-dealkylation sites (tertiary alicyclic amines) is 1. The molecule has 5 nitrogen and oxygen atoms in total. The number of unbranched alkanes of at least 4 members (excludes halogenated alkanes) is 8. The molecule has 0 N–H and O–H groups in total. The lowest BCUT2D eigenvalue weighted by Gasteiger charge is -2.21. The first-order valence-corrected chi connectivity index (χ1v) is 9.22. The van der Waals surface area contributed by atoms with Crippen LogP contribution in [0.1, 0.15) is 77.6 Å². The van der Waals surface area contributed by atoms with Crippen molar-refractivity contribution < 1.29 is 19.1 Å². The molecule has 1 aliphatic rings. The number of hydrogen-bond donors (Lipinski definition) is 0. The minimum Gasteiger partial charge on any atom is -0.464 e. The van der Waals surface area contributed by atoms with E-state index in [-0.39, 0.29) is 5.97 Å². The number of hydrogen-bond acceptors (Lipinski definition) is 4. The van der Waals surface area contributed by atoms with Gasteiger partial charge in [0.05, 0.1) is 13.7 Å². The SMILES string of the molecule is CCCCCCCCCCCOC(=O)C1CCCN1C(=O)OC. The normalized spacial score (nSPS) is 17.3. The number of carbonyl (C=O) groups excluding carboxylic acids is 2. The first-order chi connectivity index (χ1) is 11.2. The molecule has 1 amide bonds. The van der Waals surface area contributed by atoms with Gasteiger partial charge in [0, 0.05) is 6.54 Å². The Hall–Kier alpha value is -1.26. The maximum Gasteiger partial charge on any atom is 0.410 e. The summed E-state index contributed by atoms with van der Waals surface area (Å²) in [6.07, 6.45) is 12.2. The highest BCUT2D eigenvalue weighted by atomic mass is 16.6. The zero-order valence-electron chi connectivity index (χ0n) is 14.8. The molecule has 134 valence electrons. The molecule has 23 heavy (non-hydrogen) atoms. The molecule has 1 fully saturated rings. The van der Waals surface area contributed by atoms with Gasteiger partial charge in [-0.2, -0.15) is 0 Å². The van der Waals surface area contributed by atoms with Gasteiger partial charge in [-0.05, 0) is 19.3 Å². The van der Waals surface area contributed by atoms with Crippen molar-refractivity contribution in [3.8, 4) is 0 Å². The quantitative estimate of drug-likeness (QED) is 0.419. The van der Waals surface area contributed by atoms with E-state index >= 15 is 0 Å². The van der Waals surface area contributed by atoms with Crippen LogP contribution >= 0.6 is 0 Å². The first kappa shape index (κ1) is 19.8. The van der Waals surface area contributed by atoms with Crippen LogP contribution in [0.3, 0.4) is 0 Å². The van der Waals surface area contributed by atoms with Crippen molar-refractivity contribution in [2.24, 2.45) is 0 Å². The Labute approximate surface area is 140 Å². The summed E-state index contributed by atoms with van der Waals surface area (Å²) < 4.78 is 10.0. The lowest BCUT2D eigenvalue weighted by molar-refractivity contribution is -0.148. The summed E-state index contributed by atoms with van der Waals surface area (Å²) in [5.41, 5.74) is 0. The van der Waals surface area contributed by atoms with Crippen LogP contribution in [0.2, 0.25) is 0 Å². The average molecular weight is 327 g/mol. The number of esters is 1. The number of carbonyl (C=O) groups is 2. The van der Waals surface area contributed by atoms with E-state index in [2.05, 4.69) is 6.92 Å². The number of rotatable bonds is 11. The molecule has 5 heteroatoms. The maximum absolute atomic E-state index is 12.0. The van der Waals surface area contributed by atoms with Gasteiger partial charge in [0.2, 0.25) is 0 Å². The van der Waals surface area contributed by atoms with E-state index in [9.17, 15) is 9.59 Å². The summed E-state index contributed by atoms with van der Waals surface area (Å²) in [5, 5.41) is 0.